The number of aryl methyl sites for hydroxylation is 1. The van der Waals surface area contributed by atoms with Crippen LogP contribution in [0.5, 0.6) is 11.5 Å². The fourth-order valence-electron chi connectivity index (χ4n) is 1.81. The maximum absolute atomic E-state index is 5.83. The summed E-state index contributed by atoms with van der Waals surface area (Å²) in [7, 11) is 3.25. The second-order valence-corrected chi connectivity index (χ2v) is 4.53. The van der Waals surface area contributed by atoms with E-state index in [2.05, 4.69) is 15.3 Å². The van der Waals surface area contributed by atoms with Crippen LogP contribution in [0.3, 0.4) is 0 Å². The summed E-state index contributed by atoms with van der Waals surface area (Å²) >= 11 is 5.83. The van der Waals surface area contributed by atoms with Crippen LogP contribution in [0.1, 0.15) is 11.3 Å². The fraction of sp³-hybridized carbons (Fsp3) is 0.286. The highest BCUT2D eigenvalue weighted by atomic mass is 35.5. The van der Waals surface area contributed by atoms with Crippen LogP contribution in [0.25, 0.3) is 0 Å². The molecule has 0 atom stereocenters. The quantitative estimate of drug-likeness (QED) is 0.859. The van der Waals surface area contributed by atoms with Gasteiger partial charge in [-0.25, -0.2) is 9.97 Å². The van der Waals surface area contributed by atoms with Crippen molar-refractivity contribution in [3.8, 4) is 11.5 Å². The van der Waals surface area contributed by atoms with Crippen LogP contribution in [0.2, 0.25) is 5.28 Å². The van der Waals surface area contributed by atoms with Gasteiger partial charge in [-0.15, -0.1) is 0 Å². The molecule has 0 unspecified atom stereocenters. The van der Waals surface area contributed by atoms with Crippen molar-refractivity contribution >= 4 is 17.4 Å². The van der Waals surface area contributed by atoms with Gasteiger partial charge in [0.15, 0.2) is 0 Å². The fourth-order valence-corrected chi connectivity index (χ4v) is 2.03. The highest BCUT2D eigenvalue weighted by Crippen LogP contribution is 2.25. The molecule has 0 saturated carbocycles. The number of hydrogen-bond donors (Lipinski definition) is 1. The molecule has 0 aliphatic carbocycles. The van der Waals surface area contributed by atoms with Crippen molar-refractivity contribution in [1.82, 2.24) is 9.97 Å². The Morgan fingerprint density at radius 2 is 1.95 bits per heavy atom. The molecule has 5 nitrogen and oxygen atoms in total. The van der Waals surface area contributed by atoms with Gasteiger partial charge >= 0.3 is 0 Å². The molecule has 0 fully saturated rings. The number of ether oxygens (including phenoxy) is 2. The number of benzene rings is 1. The van der Waals surface area contributed by atoms with Gasteiger partial charge in [-0.1, -0.05) is 0 Å². The average Bonchev–Trinajstić information content (AvgIpc) is 2.44. The summed E-state index contributed by atoms with van der Waals surface area (Å²) in [6.07, 6.45) is 0. The molecule has 0 bridgehead atoms. The maximum atomic E-state index is 5.83. The van der Waals surface area contributed by atoms with E-state index in [1.165, 1.54) is 0 Å². The lowest BCUT2D eigenvalue weighted by Crippen LogP contribution is -2.04. The first-order chi connectivity index (χ1) is 9.62. The van der Waals surface area contributed by atoms with E-state index >= 15 is 0 Å². The number of nitrogens with zero attached hydrogens (tertiary/aromatic N) is 2. The van der Waals surface area contributed by atoms with Gasteiger partial charge in [0.05, 0.1) is 14.2 Å². The molecule has 1 aromatic carbocycles. The molecule has 0 spiro atoms. The van der Waals surface area contributed by atoms with Gasteiger partial charge in [-0.2, -0.15) is 0 Å². The third-order valence-electron chi connectivity index (χ3n) is 2.78. The van der Waals surface area contributed by atoms with E-state index in [1.807, 2.05) is 31.2 Å². The topological polar surface area (TPSA) is 56.3 Å². The second kappa shape index (κ2) is 6.43. The third kappa shape index (κ3) is 3.51. The van der Waals surface area contributed by atoms with Gasteiger partial charge in [0.1, 0.15) is 17.3 Å². The van der Waals surface area contributed by atoms with Crippen molar-refractivity contribution < 1.29 is 9.47 Å². The Hall–Kier alpha value is -2.01. The molecule has 0 radical (unpaired) electrons. The molecule has 1 N–H and O–H groups in total. The minimum absolute atomic E-state index is 0.231. The van der Waals surface area contributed by atoms with Crippen LogP contribution in [-0.2, 0) is 6.54 Å². The van der Waals surface area contributed by atoms with E-state index in [4.69, 9.17) is 21.1 Å². The van der Waals surface area contributed by atoms with Crippen LogP contribution in [0.4, 0.5) is 5.82 Å². The van der Waals surface area contributed by atoms with Crippen LogP contribution >= 0.6 is 11.6 Å². The summed E-state index contributed by atoms with van der Waals surface area (Å²) < 4.78 is 10.5. The van der Waals surface area contributed by atoms with Gasteiger partial charge in [-0.3, -0.25) is 0 Å². The first-order valence-corrected chi connectivity index (χ1v) is 6.46. The molecule has 0 amide bonds. The summed E-state index contributed by atoms with van der Waals surface area (Å²) in [5, 5.41) is 3.43. The number of anilines is 1. The average molecular weight is 294 g/mol. The molecule has 2 aromatic rings. The molecule has 0 aliphatic heterocycles. The van der Waals surface area contributed by atoms with Gasteiger partial charge in [0, 0.05) is 29.9 Å². The van der Waals surface area contributed by atoms with Crippen LogP contribution in [0.15, 0.2) is 24.3 Å². The van der Waals surface area contributed by atoms with E-state index in [0.717, 1.165) is 22.8 Å². The smallest absolute Gasteiger partial charge is 0.224 e. The Kier molecular flexibility index (Phi) is 4.63. The number of nitrogens with one attached hydrogen (secondary N) is 1. The Balaban J connectivity index is 2.14. The molecular weight excluding hydrogens is 278 g/mol. The Morgan fingerprint density at radius 1 is 1.15 bits per heavy atom. The Labute approximate surface area is 122 Å². The van der Waals surface area contributed by atoms with Crippen molar-refractivity contribution in [1.29, 1.82) is 0 Å². The standard InChI is InChI=1S/C14H16ClN3O2/c1-9-6-13(18-14(15)17-9)16-8-10-4-5-11(19-2)7-12(10)20-3/h4-7H,8H2,1-3H3,(H,16,17,18). The first kappa shape index (κ1) is 14.4. The second-order valence-electron chi connectivity index (χ2n) is 4.19. The predicted molar refractivity (Wildman–Crippen MR) is 78.7 cm³/mol. The molecule has 106 valence electrons. The normalized spacial score (nSPS) is 10.2. The number of methoxy groups -OCH3 is 2. The lowest BCUT2D eigenvalue weighted by Gasteiger charge is -2.12. The van der Waals surface area contributed by atoms with E-state index in [9.17, 15) is 0 Å². The van der Waals surface area contributed by atoms with E-state index < -0.39 is 0 Å². The van der Waals surface area contributed by atoms with Crippen LogP contribution in [0, 0.1) is 6.92 Å². The molecule has 20 heavy (non-hydrogen) atoms. The van der Waals surface area contributed by atoms with Gasteiger partial charge < -0.3 is 14.8 Å². The van der Waals surface area contributed by atoms with Gasteiger partial charge in [0.2, 0.25) is 5.28 Å². The Morgan fingerprint density at radius 3 is 2.60 bits per heavy atom. The van der Waals surface area contributed by atoms with Crippen molar-refractivity contribution in [2.75, 3.05) is 19.5 Å². The van der Waals surface area contributed by atoms with Crippen molar-refractivity contribution in [3.63, 3.8) is 0 Å². The first-order valence-electron chi connectivity index (χ1n) is 6.08. The highest BCUT2D eigenvalue weighted by molar-refractivity contribution is 6.28. The molecule has 6 heteroatoms. The predicted octanol–water partition coefficient (Wildman–Crippen LogP) is 3.07. The Bertz CT molecular complexity index is 585. The number of halogens is 1. The SMILES string of the molecule is COc1ccc(CNc2cc(C)nc(Cl)n2)c(OC)c1. The summed E-state index contributed by atoms with van der Waals surface area (Å²) in [4.78, 5) is 8.13. The summed E-state index contributed by atoms with van der Waals surface area (Å²) in [5.74, 6) is 2.20. The van der Waals surface area contributed by atoms with Crippen molar-refractivity contribution in [3.05, 3.63) is 40.8 Å². The van der Waals surface area contributed by atoms with Crippen molar-refractivity contribution in [2.45, 2.75) is 13.5 Å². The molecule has 0 aliphatic rings. The molecule has 1 heterocycles. The lowest BCUT2D eigenvalue weighted by atomic mass is 10.2. The minimum atomic E-state index is 0.231. The summed E-state index contributed by atoms with van der Waals surface area (Å²) in [6.45, 7) is 2.44. The zero-order valence-electron chi connectivity index (χ0n) is 11.6. The zero-order valence-corrected chi connectivity index (χ0v) is 12.4. The van der Waals surface area contributed by atoms with Gasteiger partial charge in [0.25, 0.3) is 0 Å². The van der Waals surface area contributed by atoms with Crippen LogP contribution in [-0.4, -0.2) is 24.2 Å². The largest absolute Gasteiger partial charge is 0.497 e. The number of hydrogen-bond acceptors (Lipinski definition) is 5. The molecular formula is C14H16ClN3O2. The highest BCUT2D eigenvalue weighted by Gasteiger charge is 2.06. The monoisotopic (exact) mass is 293 g/mol. The number of rotatable bonds is 5. The molecule has 2 rings (SSSR count). The van der Waals surface area contributed by atoms with Crippen molar-refractivity contribution in [2.24, 2.45) is 0 Å². The zero-order chi connectivity index (χ0) is 14.5. The summed E-state index contributed by atoms with van der Waals surface area (Å²) in [6, 6.07) is 7.51. The third-order valence-corrected chi connectivity index (χ3v) is 2.95. The van der Waals surface area contributed by atoms with Crippen LogP contribution < -0.4 is 14.8 Å². The molecule has 0 saturated heterocycles. The summed E-state index contributed by atoms with van der Waals surface area (Å²) in [5.41, 5.74) is 1.81. The van der Waals surface area contributed by atoms with E-state index in [0.29, 0.717) is 12.4 Å². The van der Waals surface area contributed by atoms with Gasteiger partial charge in [-0.05, 0) is 30.7 Å². The lowest BCUT2D eigenvalue weighted by molar-refractivity contribution is 0.391. The van der Waals surface area contributed by atoms with E-state index in [-0.39, 0.29) is 5.28 Å². The number of aromatic nitrogens is 2. The molecule has 1 aromatic heterocycles. The maximum Gasteiger partial charge on any atom is 0.224 e. The van der Waals surface area contributed by atoms with E-state index in [1.54, 1.807) is 14.2 Å². The minimum Gasteiger partial charge on any atom is -0.497 e.